The molecule has 0 saturated heterocycles. The van der Waals surface area contributed by atoms with Crippen molar-refractivity contribution in [3.05, 3.63) is 82.9 Å². The first-order valence-corrected chi connectivity index (χ1v) is 9.66. The molecule has 5 rings (SSSR count). The number of nitrogens with zero attached hydrogens (tertiary/aromatic N) is 1. The largest absolute Gasteiger partial charge is 0.504 e. The fraction of sp³-hybridized carbons (Fsp3) is 0.250. The molecule has 0 fully saturated rings. The third kappa shape index (κ3) is 3.05. The summed E-state index contributed by atoms with van der Waals surface area (Å²) in [4.78, 5) is 2.59. The molecule has 1 aliphatic heterocycles. The highest BCUT2D eigenvalue weighted by Crippen LogP contribution is 2.50. The Morgan fingerprint density at radius 3 is 2.54 bits per heavy atom. The van der Waals surface area contributed by atoms with Crippen molar-refractivity contribution in [1.82, 2.24) is 4.90 Å². The lowest BCUT2D eigenvalue weighted by Gasteiger charge is -2.42. The van der Waals surface area contributed by atoms with Crippen LogP contribution in [0.15, 0.2) is 60.7 Å². The Labute approximate surface area is 171 Å². The molecule has 3 nitrogen and oxygen atoms in total. The van der Waals surface area contributed by atoms with Crippen molar-refractivity contribution < 1.29 is 10.2 Å². The molecule has 144 valence electrons. The van der Waals surface area contributed by atoms with E-state index in [-0.39, 0.29) is 23.9 Å². The summed E-state index contributed by atoms with van der Waals surface area (Å²) < 4.78 is 0. The van der Waals surface area contributed by atoms with E-state index in [0.717, 1.165) is 49.0 Å². The highest BCUT2D eigenvalue weighted by Gasteiger charge is 2.35. The summed E-state index contributed by atoms with van der Waals surface area (Å²) >= 11 is 0. The molecule has 2 aliphatic rings. The van der Waals surface area contributed by atoms with Gasteiger partial charge < -0.3 is 10.2 Å². The number of phenols is 2. The standard InChI is InChI=1S/C24H23NO2.ClH/c26-21-10-9-18-15-20-22-17(7-4-8-19(22)23(18)24(21)27)12-14-25(20)13-11-16-5-2-1-3-6-16;/h1-10,20,26-27H,11-15H2;1H. The Morgan fingerprint density at radius 1 is 0.893 bits per heavy atom. The molecule has 2 N–H and O–H groups in total. The van der Waals surface area contributed by atoms with Crippen LogP contribution in [0.4, 0.5) is 0 Å². The second-order valence-electron chi connectivity index (χ2n) is 7.59. The summed E-state index contributed by atoms with van der Waals surface area (Å²) in [5.41, 5.74) is 7.10. The van der Waals surface area contributed by atoms with Crippen LogP contribution < -0.4 is 0 Å². The van der Waals surface area contributed by atoms with Crippen molar-refractivity contribution in [2.45, 2.75) is 25.3 Å². The van der Waals surface area contributed by atoms with Crippen LogP contribution >= 0.6 is 12.4 Å². The van der Waals surface area contributed by atoms with Crippen LogP contribution in [0.25, 0.3) is 11.1 Å². The number of fused-ring (bicyclic) bond motifs is 2. The van der Waals surface area contributed by atoms with Gasteiger partial charge in [0.05, 0.1) is 0 Å². The van der Waals surface area contributed by atoms with Gasteiger partial charge in [0.1, 0.15) is 0 Å². The Balaban J connectivity index is 0.00000192. The highest BCUT2D eigenvalue weighted by atomic mass is 35.5. The van der Waals surface area contributed by atoms with Crippen molar-refractivity contribution in [2.75, 3.05) is 13.1 Å². The first kappa shape index (κ1) is 18.9. The van der Waals surface area contributed by atoms with Gasteiger partial charge in [-0.05, 0) is 53.1 Å². The average Bonchev–Trinajstić information content (AvgIpc) is 2.71. The van der Waals surface area contributed by atoms with Gasteiger partial charge in [0.2, 0.25) is 0 Å². The third-order valence-electron chi connectivity index (χ3n) is 6.09. The number of hydrogen-bond donors (Lipinski definition) is 2. The van der Waals surface area contributed by atoms with Gasteiger partial charge in [-0.2, -0.15) is 0 Å². The minimum atomic E-state index is -0.0402. The van der Waals surface area contributed by atoms with E-state index in [4.69, 9.17) is 0 Å². The van der Waals surface area contributed by atoms with Crippen LogP contribution in [-0.4, -0.2) is 28.2 Å². The minimum Gasteiger partial charge on any atom is -0.504 e. The van der Waals surface area contributed by atoms with Crippen LogP contribution in [0.3, 0.4) is 0 Å². The van der Waals surface area contributed by atoms with Crippen LogP contribution in [0.5, 0.6) is 11.5 Å². The highest BCUT2D eigenvalue weighted by molar-refractivity contribution is 5.85. The van der Waals surface area contributed by atoms with Gasteiger partial charge >= 0.3 is 0 Å². The number of benzene rings is 3. The zero-order chi connectivity index (χ0) is 18.4. The summed E-state index contributed by atoms with van der Waals surface area (Å²) in [6.45, 7) is 2.09. The van der Waals surface area contributed by atoms with Gasteiger partial charge in [-0.25, -0.2) is 0 Å². The summed E-state index contributed by atoms with van der Waals surface area (Å²) in [5.74, 6) is -0.0256. The predicted molar refractivity (Wildman–Crippen MR) is 114 cm³/mol. The fourth-order valence-electron chi connectivity index (χ4n) is 4.76. The summed E-state index contributed by atoms with van der Waals surface area (Å²) in [6.07, 6.45) is 2.95. The van der Waals surface area contributed by atoms with E-state index in [1.807, 2.05) is 6.07 Å². The van der Waals surface area contributed by atoms with Gasteiger partial charge in [-0.1, -0.05) is 54.6 Å². The van der Waals surface area contributed by atoms with E-state index in [1.165, 1.54) is 16.7 Å². The molecule has 1 atom stereocenters. The average molecular weight is 394 g/mol. The van der Waals surface area contributed by atoms with Crippen LogP contribution in [0.2, 0.25) is 0 Å². The maximum absolute atomic E-state index is 10.5. The summed E-state index contributed by atoms with van der Waals surface area (Å²) in [7, 11) is 0. The van der Waals surface area contributed by atoms with E-state index in [2.05, 4.69) is 53.4 Å². The first-order chi connectivity index (χ1) is 13.2. The van der Waals surface area contributed by atoms with E-state index in [1.54, 1.807) is 6.07 Å². The van der Waals surface area contributed by atoms with Crippen molar-refractivity contribution in [2.24, 2.45) is 0 Å². The SMILES string of the molecule is Cl.Oc1ccc2c(c1O)-c1cccc3c1C(C2)N(CCc1ccccc1)CC3. The van der Waals surface area contributed by atoms with E-state index in [0.29, 0.717) is 6.04 Å². The van der Waals surface area contributed by atoms with Gasteiger partial charge in [-0.15, -0.1) is 12.4 Å². The Kier molecular flexibility index (Phi) is 5.05. The molecule has 3 aromatic rings. The zero-order valence-corrected chi connectivity index (χ0v) is 16.5. The summed E-state index contributed by atoms with van der Waals surface area (Å²) in [6, 6.07) is 20.9. The molecule has 0 aromatic heterocycles. The molecule has 1 aliphatic carbocycles. The van der Waals surface area contributed by atoms with Crippen LogP contribution in [-0.2, 0) is 19.3 Å². The normalized spacial score (nSPS) is 17.4. The maximum Gasteiger partial charge on any atom is 0.165 e. The van der Waals surface area contributed by atoms with Crippen LogP contribution in [0.1, 0.15) is 28.3 Å². The van der Waals surface area contributed by atoms with Crippen molar-refractivity contribution in [3.63, 3.8) is 0 Å². The molecule has 4 heteroatoms. The molecule has 0 saturated carbocycles. The molecule has 28 heavy (non-hydrogen) atoms. The monoisotopic (exact) mass is 393 g/mol. The lowest BCUT2D eigenvalue weighted by atomic mass is 9.76. The molecule has 0 amide bonds. The molecule has 1 heterocycles. The lowest BCUT2D eigenvalue weighted by Crippen LogP contribution is -2.39. The van der Waals surface area contributed by atoms with Gasteiger partial charge in [0, 0.05) is 24.7 Å². The van der Waals surface area contributed by atoms with E-state index < -0.39 is 0 Å². The lowest BCUT2D eigenvalue weighted by molar-refractivity contribution is 0.184. The summed E-state index contributed by atoms with van der Waals surface area (Å²) in [5, 5.41) is 20.5. The number of aromatic hydroxyl groups is 2. The number of rotatable bonds is 3. The van der Waals surface area contributed by atoms with Crippen LogP contribution in [0, 0.1) is 0 Å². The third-order valence-corrected chi connectivity index (χ3v) is 6.09. The predicted octanol–water partition coefficient (Wildman–Crippen LogP) is 4.88. The van der Waals surface area contributed by atoms with Crippen molar-refractivity contribution >= 4 is 12.4 Å². The fourth-order valence-corrected chi connectivity index (χ4v) is 4.76. The smallest absolute Gasteiger partial charge is 0.165 e. The molecule has 0 bridgehead atoms. The number of halogens is 1. The molecule has 3 aromatic carbocycles. The molecular weight excluding hydrogens is 370 g/mol. The number of phenolic OH excluding ortho intramolecular Hbond substituents is 2. The maximum atomic E-state index is 10.5. The van der Waals surface area contributed by atoms with E-state index in [9.17, 15) is 10.2 Å². The molecular formula is C24H24ClNO2. The van der Waals surface area contributed by atoms with Gasteiger partial charge in [0.25, 0.3) is 0 Å². The molecule has 1 unspecified atom stereocenters. The zero-order valence-electron chi connectivity index (χ0n) is 15.6. The topological polar surface area (TPSA) is 43.7 Å². The van der Waals surface area contributed by atoms with Gasteiger partial charge in [-0.3, -0.25) is 4.90 Å². The number of hydrogen-bond acceptors (Lipinski definition) is 3. The minimum absolute atomic E-state index is 0. The second kappa shape index (κ2) is 7.50. The van der Waals surface area contributed by atoms with Gasteiger partial charge in [0.15, 0.2) is 11.5 Å². The Bertz CT molecular complexity index is 1000. The quantitative estimate of drug-likeness (QED) is 0.623. The Morgan fingerprint density at radius 2 is 1.71 bits per heavy atom. The molecule has 0 spiro atoms. The van der Waals surface area contributed by atoms with Crippen molar-refractivity contribution in [3.8, 4) is 22.6 Å². The van der Waals surface area contributed by atoms with E-state index >= 15 is 0 Å². The Hall–Kier alpha value is -2.49. The van der Waals surface area contributed by atoms with Crippen molar-refractivity contribution in [1.29, 1.82) is 0 Å². The first-order valence-electron chi connectivity index (χ1n) is 9.66. The molecule has 0 radical (unpaired) electrons. The second-order valence-corrected chi connectivity index (χ2v) is 7.59.